The Morgan fingerprint density at radius 1 is 1.43 bits per heavy atom. The molecule has 0 radical (unpaired) electrons. The third kappa shape index (κ3) is 4.34. The molecule has 2 N–H and O–H groups in total. The van der Waals surface area contributed by atoms with Gasteiger partial charge in [0.2, 0.25) is 10.0 Å². The summed E-state index contributed by atoms with van der Waals surface area (Å²) in [6.07, 6.45) is 0.203. The number of hydrogen-bond acceptors (Lipinski definition) is 6. The fourth-order valence-corrected chi connectivity index (χ4v) is 4.67. The van der Waals surface area contributed by atoms with Gasteiger partial charge in [-0.2, -0.15) is 0 Å². The molecule has 0 aromatic carbocycles. The molecule has 114 valence electrons. The van der Waals surface area contributed by atoms with Crippen molar-refractivity contribution in [2.45, 2.75) is 24.0 Å². The first-order valence-corrected chi connectivity index (χ1v) is 9.30. The molecule has 0 amide bonds. The highest BCUT2D eigenvalue weighted by Gasteiger charge is 2.17. The van der Waals surface area contributed by atoms with E-state index in [4.69, 9.17) is 5.11 Å². The summed E-state index contributed by atoms with van der Waals surface area (Å²) in [6.45, 7) is 2.00. The molecule has 0 atom stereocenters. The van der Waals surface area contributed by atoms with Crippen LogP contribution in [-0.2, 0) is 14.8 Å². The Bertz CT molecular complexity index is 733. The lowest BCUT2D eigenvalue weighted by Crippen LogP contribution is -2.24. The Labute approximate surface area is 130 Å². The zero-order valence-corrected chi connectivity index (χ0v) is 13.6. The zero-order chi connectivity index (χ0) is 15.5. The molecule has 0 saturated heterocycles. The van der Waals surface area contributed by atoms with Crippen molar-refractivity contribution in [3.8, 4) is 10.6 Å². The number of sulfonamides is 1. The minimum atomic E-state index is -3.59. The Morgan fingerprint density at radius 2 is 2.19 bits per heavy atom. The number of aryl methyl sites for hydroxylation is 1. The molecule has 0 aliphatic rings. The van der Waals surface area contributed by atoms with Crippen molar-refractivity contribution in [3.63, 3.8) is 0 Å². The van der Waals surface area contributed by atoms with Crippen LogP contribution < -0.4 is 4.72 Å². The van der Waals surface area contributed by atoms with Crippen LogP contribution in [0.3, 0.4) is 0 Å². The van der Waals surface area contributed by atoms with Gasteiger partial charge in [0.25, 0.3) is 0 Å². The third-order valence-corrected chi connectivity index (χ3v) is 6.41. The van der Waals surface area contributed by atoms with Gasteiger partial charge in [0, 0.05) is 18.3 Å². The highest BCUT2D eigenvalue weighted by Crippen LogP contribution is 2.31. The van der Waals surface area contributed by atoms with E-state index in [0.29, 0.717) is 0 Å². The van der Waals surface area contributed by atoms with Crippen LogP contribution in [0.1, 0.15) is 17.8 Å². The highest BCUT2D eigenvalue weighted by molar-refractivity contribution is 7.91. The molecule has 9 heteroatoms. The second-order valence-electron chi connectivity index (χ2n) is 4.27. The molecule has 21 heavy (non-hydrogen) atoms. The topological polar surface area (TPSA) is 96.4 Å². The van der Waals surface area contributed by atoms with Gasteiger partial charge < -0.3 is 5.11 Å². The van der Waals surface area contributed by atoms with Crippen molar-refractivity contribution in [3.05, 3.63) is 22.5 Å². The summed E-state index contributed by atoms with van der Waals surface area (Å²) in [6, 6.07) is 3.26. The van der Waals surface area contributed by atoms with Crippen LogP contribution in [0.25, 0.3) is 10.6 Å². The second-order valence-corrected chi connectivity index (χ2v) is 8.41. The van der Waals surface area contributed by atoms with Crippen LogP contribution in [0, 0.1) is 6.92 Å². The zero-order valence-electron chi connectivity index (χ0n) is 11.2. The highest BCUT2D eigenvalue weighted by atomic mass is 32.2. The van der Waals surface area contributed by atoms with Gasteiger partial charge in [0.05, 0.1) is 15.6 Å². The van der Waals surface area contributed by atoms with Gasteiger partial charge in [-0.1, -0.05) is 0 Å². The van der Waals surface area contributed by atoms with Crippen LogP contribution in [-0.4, -0.2) is 31.0 Å². The van der Waals surface area contributed by atoms with Gasteiger partial charge in [-0.15, -0.1) is 22.7 Å². The van der Waals surface area contributed by atoms with Crippen molar-refractivity contribution in [2.24, 2.45) is 0 Å². The molecule has 0 aliphatic heterocycles. The first-order valence-electron chi connectivity index (χ1n) is 6.12. The molecule has 0 aliphatic carbocycles. The van der Waals surface area contributed by atoms with Gasteiger partial charge in [-0.3, -0.25) is 4.79 Å². The Morgan fingerprint density at radius 3 is 2.81 bits per heavy atom. The fraction of sp³-hybridized carbons (Fsp3) is 0.333. The van der Waals surface area contributed by atoms with Crippen molar-refractivity contribution in [1.29, 1.82) is 0 Å². The van der Waals surface area contributed by atoms with E-state index in [1.54, 1.807) is 6.07 Å². The molecule has 2 aromatic rings. The number of carboxylic acid groups (broad SMARTS) is 1. The number of hydrogen-bond donors (Lipinski definition) is 2. The molecule has 0 saturated carbocycles. The average Bonchev–Trinajstić information content (AvgIpc) is 3.03. The van der Waals surface area contributed by atoms with E-state index in [9.17, 15) is 13.2 Å². The SMILES string of the molecule is Cc1nc(-c2ccc(S(=O)(=O)NCCCC(=O)O)s2)cs1. The van der Waals surface area contributed by atoms with Crippen LogP contribution in [0.2, 0.25) is 0 Å². The number of carboxylic acids is 1. The van der Waals surface area contributed by atoms with Crippen molar-refractivity contribution in [1.82, 2.24) is 9.71 Å². The number of carbonyl (C=O) groups is 1. The first kappa shape index (κ1) is 16.1. The lowest BCUT2D eigenvalue weighted by molar-refractivity contribution is -0.137. The smallest absolute Gasteiger partial charge is 0.303 e. The van der Waals surface area contributed by atoms with E-state index >= 15 is 0 Å². The molecular formula is C12H14N2O4S3. The Balaban J connectivity index is 2.04. The van der Waals surface area contributed by atoms with Gasteiger partial charge in [-0.05, 0) is 25.5 Å². The molecular weight excluding hydrogens is 332 g/mol. The van der Waals surface area contributed by atoms with Gasteiger partial charge in [-0.25, -0.2) is 18.1 Å². The largest absolute Gasteiger partial charge is 0.481 e. The molecule has 6 nitrogen and oxygen atoms in total. The number of nitrogens with zero attached hydrogens (tertiary/aromatic N) is 1. The maximum absolute atomic E-state index is 12.1. The minimum Gasteiger partial charge on any atom is -0.481 e. The number of nitrogens with one attached hydrogen (secondary N) is 1. The lowest BCUT2D eigenvalue weighted by atomic mass is 10.3. The van der Waals surface area contributed by atoms with E-state index in [2.05, 4.69) is 9.71 Å². The lowest BCUT2D eigenvalue weighted by Gasteiger charge is -2.03. The summed E-state index contributed by atoms with van der Waals surface area (Å²) in [5, 5.41) is 11.3. The maximum atomic E-state index is 12.1. The predicted molar refractivity (Wildman–Crippen MR) is 82.2 cm³/mol. The van der Waals surface area contributed by atoms with Gasteiger partial charge in [0.15, 0.2) is 0 Å². The minimum absolute atomic E-state index is 0.0592. The van der Waals surface area contributed by atoms with Crippen LogP contribution >= 0.6 is 22.7 Å². The van der Waals surface area contributed by atoms with E-state index < -0.39 is 16.0 Å². The molecule has 0 bridgehead atoms. The van der Waals surface area contributed by atoms with Crippen molar-refractivity contribution >= 4 is 38.7 Å². The number of thiazole rings is 1. The van der Waals surface area contributed by atoms with Crippen molar-refractivity contribution in [2.75, 3.05) is 6.54 Å². The standard InChI is InChI=1S/C12H14N2O4S3/c1-8-14-9(7-19-8)10-4-5-12(20-10)21(17,18)13-6-2-3-11(15)16/h4-5,7,13H,2-3,6H2,1H3,(H,15,16). The molecule has 0 spiro atoms. The van der Waals surface area contributed by atoms with E-state index in [1.807, 2.05) is 12.3 Å². The van der Waals surface area contributed by atoms with Crippen molar-refractivity contribution < 1.29 is 18.3 Å². The second kappa shape index (κ2) is 6.65. The van der Waals surface area contributed by atoms with Gasteiger partial charge in [0.1, 0.15) is 4.21 Å². The Kier molecular flexibility index (Phi) is 5.09. The quantitative estimate of drug-likeness (QED) is 0.750. The van der Waals surface area contributed by atoms with E-state index in [0.717, 1.165) is 26.9 Å². The molecule has 2 aromatic heterocycles. The summed E-state index contributed by atoms with van der Waals surface area (Å²) in [5.41, 5.74) is 0.773. The number of rotatable bonds is 7. The summed E-state index contributed by atoms with van der Waals surface area (Å²) in [7, 11) is -3.59. The number of aromatic nitrogens is 1. The fourth-order valence-electron chi connectivity index (χ4n) is 1.60. The average molecular weight is 346 g/mol. The normalized spacial score (nSPS) is 11.7. The number of aliphatic carboxylic acids is 1. The molecule has 0 unspecified atom stereocenters. The summed E-state index contributed by atoms with van der Waals surface area (Å²) in [4.78, 5) is 15.5. The summed E-state index contributed by atoms with van der Waals surface area (Å²) in [5.74, 6) is -0.938. The summed E-state index contributed by atoms with van der Waals surface area (Å²) >= 11 is 2.66. The Hall–Kier alpha value is -1.29. The molecule has 2 rings (SSSR count). The van der Waals surface area contributed by atoms with E-state index in [1.165, 1.54) is 17.4 Å². The number of thiophene rings is 1. The first-order chi connectivity index (χ1) is 9.88. The van der Waals surface area contributed by atoms with E-state index in [-0.39, 0.29) is 23.6 Å². The predicted octanol–water partition coefficient (Wildman–Crippen LogP) is 2.32. The molecule has 2 heterocycles. The van der Waals surface area contributed by atoms with Gasteiger partial charge >= 0.3 is 5.97 Å². The van der Waals surface area contributed by atoms with Crippen LogP contribution in [0.5, 0.6) is 0 Å². The maximum Gasteiger partial charge on any atom is 0.303 e. The molecule has 0 fully saturated rings. The summed E-state index contributed by atoms with van der Waals surface area (Å²) < 4.78 is 26.7. The monoisotopic (exact) mass is 346 g/mol. The third-order valence-electron chi connectivity index (χ3n) is 2.58. The van der Waals surface area contributed by atoms with Crippen LogP contribution in [0.4, 0.5) is 0 Å². The van der Waals surface area contributed by atoms with Crippen LogP contribution in [0.15, 0.2) is 21.7 Å².